The van der Waals surface area contributed by atoms with Crippen LogP contribution in [0.5, 0.6) is 5.75 Å². The first kappa shape index (κ1) is 18.7. The van der Waals surface area contributed by atoms with Crippen LogP contribution >= 0.6 is 0 Å². The zero-order valence-electron chi connectivity index (χ0n) is 17.4. The number of fused-ring (bicyclic) bond motifs is 1. The minimum atomic E-state index is -0.710. The van der Waals surface area contributed by atoms with E-state index in [1.165, 1.54) is 6.42 Å². The van der Waals surface area contributed by atoms with Crippen LogP contribution in [0.1, 0.15) is 68.1 Å². The van der Waals surface area contributed by atoms with E-state index in [-0.39, 0.29) is 17.2 Å². The minimum Gasteiger partial charge on any atom is -0.467 e. The molecule has 5 fully saturated rings. The van der Waals surface area contributed by atoms with Gasteiger partial charge in [0, 0.05) is 32.4 Å². The Hall–Kier alpha value is -2.08. The molecule has 2 amide bonds. The Morgan fingerprint density at radius 1 is 1.13 bits per heavy atom. The molecule has 2 unspecified atom stereocenters. The van der Waals surface area contributed by atoms with Gasteiger partial charge in [-0.15, -0.1) is 0 Å². The molecule has 30 heavy (non-hydrogen) atoms. The van der Waals surface area contributed by atoms with Gasteiger partial charge in [0.2, 0.25) is 5.91 Å². The summed E-state index contributed by atoms with van der Waals surface area (Å²) in [5.41, 5.74) is -0.664. The molecule has 1 aromatic carbocycles. The highest BCUT2D eigenvalue weighted by Gasteiger charge is 2.58. The summed E-state index contributed by atoms with van der Waals surface area (Å²) >= 11 is 0. The van der Waals surface area contributed by atoms with Crippen molar-refractivity contribution in [3.8, 4) is 5.75 Å². The first-order chi connectivity index (χ1) is 14.4. The van der Waals surface area contributed by atoms with E-state index in [2.05, 4.69) is 5.32 Å². The molecule has 1 aromatic rings. The van der Waals surface area contributed by atoms with Crippen molar-refractivity contribution in [1.29, 1.82) is 0 Å². The van der Waals surface area contributed by atoms with Crippen LogP contribution < -0.4 is 10.1 Å². The summed E-state index contributed by atoms with van der Waals surface area (Å²) in [6.07, 6.45) is 7.87. The number of para-hydroxylation sites is 1. The van der Waals surface area contributed by atoms with Crippen LogP contribution in [0.2, 0.25) is 0 Å². The number of aliphatic hydroxyl groups is 1. The van der Waals surface area contributed by atoms with Crippen molar-refractivity contribution in [2.24, 2.45) is 17.3 Å². The molecule has 6 heteroatoms. The molecule has 1 saturated heterocycles. The number of hydrogen-bond donors (Lipinski definition) is 2. The molecule has 4 bridgehead atoms. The molecule has 160 valence electrons. The van der Waals surface area contributed by atoms with E-state index >= 15 is 0 Å². The fourth-order valence-electron chi connectivity index (χ4n) is 7.64. The number of nitrogens with one attached hydrogen (secondary N) is 1. The normalized spacial score (nSPS) is 38.2. The molecule has 1 spiro atoms. The summed E-state index contributed by atoms with van der Waals surface area (Å²) in [5, 5.41) is 14.0. The lowest BCUT2D eigenvalue weighted by molar-refractivity contribution is -0.173. The first-order valence-electron chi connectivity index (χ1n) is 11.5. The fraction of sp³-hybridized carbons (Fsp3) is 0.667. The lowest BCUT2D eigenvalue weighted by atomic mass is 9.47. The maximum Gasteiger partial charge on any atom is 0.258 e. The molecule has 7 rings (SSSR count). The summed E-state index contributed by atoms with van der Waals surface area (Å²) in [7, 11) is 0. The third kappa shape index (κ3) is 2.95. The standard InChI is InChI=1S/C24H30N2O4/c27-20(14-22-10-16-9-17(11-22)13-23(29,12-16)15-22)26-7-5-24(6-8-26)25-21(28)18-3-1-2-4-19(18)30-24/h1-4,16-17,29H,5-15H2,(H,25,28). The van der Waals surface area contributed by atoms with Crippen molar-refractivity contribution >= 4 is 11.8 Å². The maximum atomic E-state index is 13.2. The lowest BCUT2D eigenvalue weighted by Crippen LogP contribution is -2.62. The number of ether oxygens (including phenoxy) is 1. The number of carbonyl (C=O) groups is 2. The molecule has 2 aliphatic heterocycles. The van der Waals surface area contributed by atoms with Crippen molar-refractivity contribution in [3.63, 3.8) is 0 Å². The monoisotopic (exact) mass is 410 g/mol. The minimum absolute atomic E-state index is 0.000451. The largest absolute Gasteiger partial charge is 0.467 e. The Morgan fingerprint density at radius 2 is 1.83 bits per heavy atom. The predicted molar refractivity (Wildman–Crippen MR) is 110 cm³/mol. The Balaban J connectivity index is 1.12. The second-order valence-corrected chi connectivity index (χ2v) is 10.8. The summed E-state index contributed by atoms with van der Waals surface area (Å²) in [6.45, 7) is 1.18. The summed E-state index contributed by atoms with van der Waals surface area (Å²) in [6, 6.07) is 7.33. The zero-order chi connectivity index (χ0) is 20.6. The van der Waals surface area contributed by atoms with E-state index in [1.807, 2.05) is 23.1 Å². The van der Waals surface area contributed by atoms with Gasteiger partial charge in [-0.05, 0) is 67.9 Å². The first-order valence-corrected chi connectivity index (χ1v) is 11.5. The van der Waals surface area contributed by atoms with E-state index in [9.17, 15) is 14.7 Å². The summed E-state index contributed by atoms with van der Waals surface area (Å²) in [4.78, 5) is 27.7. The van der Waals surface area contributed by atoms with Crippen molar-refractivity contribution in [2.45, 2.75) is 69.1 Å². The van der Waals surface area contributed by atoms with Gasteiger partial charge in [0.15, 0.2) is 5.72 Å². The van der Waals surface area contributed by atoms with Crippen molar-refractivity contribution < 1.29 is 19.4 Å². The molecular formula is C24H30N2O4. The topological polar surface area (TPSA) is 78.9 Å². The van der Waals surface area contributed by atoms with Gasteiger partial charge in [0.05, 0.1) is 11.2 Å². The van der Waals surface area contributed by atoms with Crippen molar-refractivity contribution in [3.05, 3.63) is 29.8 Å². The fourth-order valence-corrected chi connectivity index (χ4v) is 7.64. The Bertz CT molecular complexity index is 890. The summed E-state index contributed by atoms with van der Waals surface area (Å²) < 4.78 is 6.20. The molecule has 4 saturated carbocycles. The molecule has 2 N–H and O–H groups in total. The Kier molecular flexibility index (Phi) is 3.87. The highest BCUT2D eigenvalue weighted by atomic mass is 16.5. The van der Waals surface area contributed by atoms with Crippen LogP contribution in [0.3, 0.4) is 0 Å². The van der Waals surface area contributed by atoms with Crippen molar-refractivity contribution in [2.75, 3.05) is 13.1 Å². The number of nitrogens with zero attached hydrogens (tertiary/aromatic N) is 1. The van der Waals surface area contributed by atoms with Crippen LogP contribution in [0.4, 0.5) is 0 Å². The smallest absolute Gasteiger partial charge is 0.258 e. The SMILES string of the molecule is O=C1NC2(CCN(C(=O)CC34CC5CC(CC(O)(C5)C3)C4)CC2)Oc2ccccc21. The van der Waals surface area contributed by atoms with E-state index in [0.717, 1.165) is 32.1 Å². The Morgan fingerprint density at radius 3 is 2.53 bits per heavy atom. The van der Waals surface area contributed by atoms with Gasteiger partial charge in [-0.1, -0.05) is 12.1 Å². The number of rotatable bonds is 2. The van der Waals surface area contributed by atoms with Gasteiger partial charge < -0.3 is 20.1 Å². The number of amides is 2. The second kappa shape index (κ2) is 6.22. The van der Waals surface area contributed by atoms with Crippen molar-refractivity contribution in [1.82, 2.24) is 10.2 Å². The number of likely N-dealkylation sites (tertiary alicyclic amines) is 1. The van der Waals surface area contributed by atoms with Crippen LogP contribution in [0, 0.1) is 17.3 Å². The van der Waals surface area contributed by atoms with E-state index in [1.54, 1.807) is 6.07 Å². The summed E-state index contributed by atoms with van der Waals surface area (Å²) in [5.74, 6) is 1.93. The van der Waals surface area contributed by atoms with Gasteiger partial charge in [0.1, 0.15) is 5.75 Å². The van der Waals surface area contributed by atoms with Gasteiger partial charge in [-0.25, -0.2) is 0 Å². The van der Waals surface area contributed by atoms with E-state index in [0.29, 0.717) is 55.5 Å². The predicted octanol–water partition coefficient (Wildman–Crippen LogP) is 2.85. The van der Waals surface area contributed by atoms with Crippen LogP contribution in [-0.4, -0.2) is 46.2 Å². The highest BCUT2D eigenvalue weighted by Crippen LogP contribution is 2.63. The van der Waals surface area contributed by atoms with Gasteiger partial charge >= 0.3 is 0 Å². The van der Waals surface area contributed by atoms with E-state index in [4.69, 9.17) is 4.74 Å². The van der Waals surface area contributed by atoms with E-state index < -0.39 is 11.3 Å². The van der Waals surface area contributed by atoms with Gasteiger partial charge in [-0.2, -0.15) is 0 Å². The average molecular weight is 411 g/mol. The molecule has 6 aliphatic rings. The molecule has 0 radical (unpaired) electrons. The molecular weight excluding hydrogens is 380 g/mol. The van der Waals surface area contributed by atoms with Gasteiger partial charge in [-0.3, -0.25) is 9.59 Å². The molecule has 2 atom stereocenters. The quantitative estimate of drug-likeness (QED) is 0.786. The Labute approximate surface area is 177 Å². The maximum absolute atomic E-state index is 13.2. The molecule has 6 nitrogen and oxygen atoms in total. The molecule has 2 heterocycles. The van der Waals surface area contributed by atoms with Crippen LogP contribution in [0.25, 0.3) is 0 Å². The van der Waals surface area contributed by atoms with Crippen LogP contribution in [0.15, 0.2) is 24.3 Å². The number of hydrogen-bond acceptors (Lipinski definition) is 4. The second-order valence-electron chi connectivity index (χ2n) is 10.8. The molecule has 0 aromatic heterocycles. The number of benzene rings is 1. The highest BCUT2D eigenvalue weighted by molar-refractivity contribution is 5.98. The third-order valence-electron chi connectivity index (χ3n) is 8.38. The van der Waals surface area contributed by atoms with Crippen LogP contribution in [-0.2, 0) is 4.79 Å². The molecule has 4 aliphatic carbocycles. The lowest BCUT2D eigenvalue weighted by Gasteiger charge is -2.60. The van der Waals surface area contributed by atoms with Gasteiger partial charge in [0.25, 0.3) is 5.91 Å². The average Bonchev–Trinajstić information content (AvgIpc) is 2.66. The number of carbonyl (C=O) groups excluding carboxylic acids is 2. The zero-order valence-corrected chi connectivity index (χ0v) is 17.4. The number of piperidine rings is 1. The third-order valence-corrected chi connectivity index (χ3v) is 8.38.